The maximum absolute atomic E-state index is 12.5. The predicted molar refractivity (Wildman–Crippen MR) is 161 cm³/mol. The molecule has 0 N–H and O–H groups in total. The molecule has 232 valence electrons. The van der Waals surface area contributed by atoms with E-state index in [1.54, 1.807) is 13.8 Å². The molecule has 2 saturated heterocycles. The number of hydrogen-bond acceptors (Lipinski definition) is 4. The number of ether oxygens (including phenoxy) is 2. The van der Waals surface area contributed by atoms with Gasteiger partial charge in [-0.3, -0.25) is 9.59 Å². The molecule has 10 atom stereocenters. The zero-order valence-corrected chi connectivity index (χ0v) is 27.2. The molecular formula is C35H60N2O4+2. The molecule has 0 aromatic carbocycles. The van der Waals surface area contributed by atoms with Crippen LogP contribution in [0.15, 0.2) is 0 Å². The SMILES string of the molecule is CC(=O)O[C@H]1C[C@@H]2CC[C@@H]3[C@H](CC[C@]4(C)[C@H](OC(C)=O)C([N+]5(C)CCCCC5)C[C@@H]34)[C@@]2(C)CC1[N+]1(C)CCCCC1. The number of rotatable bonds is 4. The Morgan fingerprint density at radius 1 is 0.683 bits per heavy atom. The normalized spacial score (nSPS) is 46.9. The summed E-state index contributed by atoms with van der Waals surface area (Å²) in [5, 5.41) is 0. The summed E-state index contributed by atoms with van der Waals surface area (Å²) in [7, 11) is 4.94. The summed E-state index contributed by atoms with van der Waals surface area (Å²) < 4.78 is 14.7. The van der Waals surface area contributed by atoms with Crippen molar-refractivity contribution in [3.63, 3.8) is 0 Å². The van der Waals surface area contributed by atoms with Crippen molar-refractivity contribution in [2.24, 2.45) is 34.5 Å². The van der Waals surface area contributed by atoms with Gasteiger partial charge >= 0.3 is 11.9 Å². The van der Waals surface area contributed by atoms with Crippen molar-refractivity contribution in [1.29, 1.82) is 0 Å². The first-order valence-corrected chi connectivity index (χ1v) is 17.4. The van der Waals surface area contributed by atoms with Gasteiger partial charge in [0.2, 0.25) is 0 Å². The highest BCUT2D eigenvalue weighted by molar-refractivity contribution is 5.66. The first-order valence-electron chi connectivity index (χ1n) is 17.4. The van der Waals surface area contributed by atoms with Gasteiger partial charge in [0.1, 0.15) is 12.1 Å². The number of nitrogens with zero attached hydrogens (tertiary/aromatic N) is 2. The Morgan fingerprint density at radius 3 is 1.85 bits per heavy atom. The van der Waals surface area contributed by atoms with Crippen LogP contribution in [0.25, 0.3) is 0 Å². The molecule has 0 radical (unpaired) electrons. The summed E-state index contributed by atoms with van der Waals surface area (Å²) >= 11 is 0. The molecule has 0 amide bonds. The Kier molecular flexibility index (Phi) is 7.87. The van der Waals surface area contributed by atoms with Crippen LogP contribution in [-0.2, 0) is 19.1 Å². The fourth-order valence-electron chi connectivity index (χ4n) is 12.3. The molecule has 6 nitrogen and oxygen atoms in total. The fourth-order valence-corrected chi connectivity index (χ4v) is 12.3. The number of piperidine rings is 2. The molecule has 6 heteroatoms. The third-order valence-corrected chi connectivity index (χ3v) is 14.5. The van der Waals surface area contributed by atoms with Crippen LogP contribution < -0.4 is 0 Å². The van der Waals surface area contributed by atoms with E-state index in [2.05, 4.69) is 27.9 Å². The van der Waals surface area contributed by atoms with Crippen molar-refractivity contribution in [2.75, 3.05) is 40.3 Å². The predicted octanol–water partition coefficient (Wildman–Crippen LogP) is 6.11. The molecule has 6 fully saturated rings. The van der Waals surface area contributed by atoms with Crippen LogP contribution in [0.2, 0.25) is 0 Å². The topological polar surface area (TPSA) is 52.6 Å². The number of likely N-dealkylation sites (N-methyl/N-ethyl adjacent to an activating group) is 2. The van der Waals surface area contributed by atoms with E-state index in [1.165, 1.54) is 103 Å². The Bertz CT molecular complexity index is 1000. The number of quaternary nitrogens is 2. The summed E-state index contributed by atoms with van der Waals surface area (Å²) in [6.45, 7) is 13.3. The van der Waals surface area contributed by atoms with E-state index in [0.717, 1.165) is 21.3 Å². The highest BCUT2D eigenvalue weighted by Crippen LogP contribution is 2.68. The van der Waals surface area contributed by atoms with Gasteiger partial charge in [0, 0.05) is 32.1 Å². The molecule has 2 unspecified atom stereocenters. The van der Waals surface area contributed by atoms with Crippen molar-refractivity contribution in [1.82, 2.24) is 0 Å². The largest absolute Gasteiger partial charge is 0.456 e. The van der Waals surface area contributed by atoms with Gasteiger partial charge in [-0.05, 0) is 99.7 Å². The first kappa shape index (κ1) is 29.9. The maximum atomic E-state index is 12.5. The second-order valence-electron chi connectivity index (χ2n) is 16.7. The molecule has 0 bridgehead atoms. The van der Waals surface area contributed by atoms with Crippen LogP contribution in [0.1, 0.15) is 111 Å². The zero-order chi connectivity index (χ0) is 29.2. The van der Waals surface area contributed by atoms with Gasteiger partial charge in [0.15, 0.2) is 12.2 Å². The summed E-state index contributed by atoms with van der Waals surface area (Å²) in [6.07, 6.45) is 16.4. The zero-order valence-electron chi connectivity index (χ0n) is 27.2. The third kappa shape index (κ3) is 4.99. The Labute approximate surface area is 250 Å². The number of esters is 2. The van der Waals surface area contributed by atoms with Gasteiger partial charge in [-0.2, -0.15) is 0 Å². The average Bonchev–Trinajstić information content (AvgIpc) is 3.21. The lowest BCUT2D eigenvalue weighted by Crippen LogP contribution is -2.66. The maximum Gasteiger partial charge on any atom is 0.303 e. The summed E-state index contributed by atoms with van der Waals surface area (Å²) in [5.74, 6) is 2.52. The van der Waals surface area contributed by atoms with E-state index in [-0.39, 0.29) is 29.6 Å². The minimum absolute atomic E-state index is 0.0462. The molecule has 4 saturated carbocycles. The Hall–Kier alpha value is -1.14. The molecule has 6 aliphatic rings. The van der Waals surface area contributed by atoms with Crippen LogP contribution in [0, 0.1) is 34.5 Å². The van der Waals surface area contributed by atoms with Gasteiger partial charge in [0.25, 0.3) is 0 Å². The van der Waals surface area contributed by atoms with E-state index in [0.29, 0.717) is 35.3 Å². The molecule has 2 heterocycles. The van der Waals surface area contributed by atoms with E-state index in [4.69, 9.17) is 9.47 Å². The number of carbonyl (C=O) groups is 2. The lowest BCUT2D eigenvalue weighted by molar-refractivity contribution is -0.943. The summed E-state index contributed by atoms with van der Waals surface area (Å²) in [6, 6.07) is 0.846. The van der Waals surface area contributed by atoms with Crippen molar-refractivity contribution in [3.8, 4) is 0 Å². The number of fused-ring (bicyclic) bond motifs is 5. The highest BCUT2D eigenvalue weighted by atomic mass is 16.5. The number of hydrogen-bond donors (Lipinski definition) is 0. The van der Waals surface area contributed by atoms with Gasteiger partial charge in [0.05, 0.1) is 40.3 Å². The fraction of sp³-hybridized carbons (Fsp3) is 0.943. The molecule has 6 rings (SSSR count). The van der Waals surface area contributed by atoms with E-state index >= 15 is 0 Å². The molecule has 0 spiro atoms. The third-order valence-electron chi connectivity index (χ3n) is 14.5. The monoisotopic (exact) mass is 572 g/mol. The van der Waals surface area contributed by atoms with E-state index in [1.807, 2.05) is 0 Å². The Balaban J connectivity index is 1.31. The van der Waals surface area contributed by atoms with Gasteiger partial charge in [-0.1, -0.05) is 13.8 Å². The van der Waals surface area contributed by atoms with E-state index in [9.17, 15) is 9.59 Å². The first-order chi connectivity index (χ1) is 19.4. The second-order valence-corrected chi connectivity index (χ2v) is 16.7. The second kappa shape index (κ2) is 10.8. The van der Waals surface area contributed by atoms with Crippen LogP contribution in [0.3, 0.4) is 0 Å². The molecule has 4 aliphatic carbocycles. The Morgan fingerprint density at radius 2 is 1.27 bits per heavy atom. The average molecular weight is 573 g/mol. The van der Waals surface area contributed by atoms with Crippen LogP contribution in [0.5, 0.6) is 0 Å². The highest BCUT2D eigenvalue weighted by Gasteiger charge is 2.68. The van der Waals surface area contributed by atoms with Crippen molar-refractivity contribution in [2.45, 2.75) is 135 Å². The lowest BCUT2D eigenvalue weighted by Gasteiger charge is -2.63. The molecule has 0 aromatic heterocycles. The van der Waals surface area contributed by atoms with Crippen molar-refractivity contribution >= 4 is 11.9 Å². The van der Waals surface area contributed by atoms with Crippen LogP contribution in [0.4, 0.5) is 0 Å². The van der Waals surface area contributed by atoms with Gasteiger partial charge in [-0.25, -0.2) is 0 Å². The molecule has 2 aliphatic heterocycles. The lowest BCUT2D eigenvalue weighted by atomic mass is 9.44. The van der Waals surface area contributed by atoms with E-state index < -0.39 is 0 Å². The van der Waals surface area contributed by atoms with Gasteiger partial charge < -0.3 is 18.4 Å². The quantitative estimate of drug-likeness (QED) is 0.301. The smallest absolute Gasteiger partial charge is 0.303 e. The standard InChI is InChI=1S/C35H60N2O4/c1-24(38)40-32-21-26-13-14-27-28(35(26,4)23-31(32)37(6)19-11-8-12-20-37)15-16-34(3)29(27)22-30(33(34)41-25(2)39)36(5)17-9-7-10-18-36/h26-33H,7-23H2,1-6H3/q+2/t26-,27+,28-,29-,30?,31?,32-,33+,34-,35-/m0/s1. The van der Waals surface area contributed by atoms with Gasteiger partial charge in [-0.15, -0.1) is 0 Å². The number of likely N-dealkylation sites (tertiary alicyclic amines) is 2. The summed E-state index contributed by atoms with van der Waals surface area (Å²) in [5.41, 5.74) is 0.377. The summed E-state index contributed by atoms with van der Waals surface area (Å²) in [4.78, 5) is 24.8. The minimum atomic E-state index is -0.0998. The molecular weight excluding hydrogens is 512 g/mol. The number of carbonyl (C=O) groups excluding carboxylic acids is 2. The minimum Gasteiger partial charge on any atom is -0.456 e. The molecule has 0 aromatic rings. The van der Waals surface area contributed by atoms with Crippen molar-refractivity contribution in [3.05, 3.63) is 0 Å². The van der Waals surface area contributed by atoms with Crippen LogP contribution >= 0.6 is 0 Å². The van der Waals surface area contributed by atoms with Crippen molar-refractivity contribution < 1.29 is 28.0 Å². The van der Waals surface area contributed by atoms with Crippen LogP contribution in [-0.4, -0.2) is 85.5 Å². The molecule has 41 heavy (non-hydrogen) atoms.